The van der Waals surface area contributed by atoms with E-state index in [1.54, 1.807) is 0 Å². The first-order chi connectivity index (χ1) is 8.34. The van der Waals surface area contributed by atoms with Gasteiger partial charge in [0.2, 0.25) is 0 Å². The van der Waals surface area contributed by atoms with Gasteiger partial charge in [0.05, 0.1) is 17.5 Å². The number of hydrogen-bond acceptors (Lipinski definition) is 3. The molecule has 17 heavy (non-hydrogen) atoms. The summed E-state index contributed by atoms with van der Waals surface area (Å²) in [6, 6.07) is 6.44. The van der Waals surface area contributed by atoms with E-state index in [2.05, 4.69) is 28.4 Å². The predicted octanol–water partition coefficient (Wildman–Crippen LogP) is 2.01. The van der Waals surface area contributed by atoms with Crippen LogP contribution < -0.4 is 10.2 Å². The zero-order valence-electron chi connectivity index (χ0n) is 10.2. The van der Waals surface area contributed by atoms with Crippen molar-refractivity contribution < 1.29 is 5.11 Å². The quantitative estimate of drug-likeness (QED) is 0.777. The molecule has 0 aromatic heterocycles. The molecule has 0 bridgehead atoms. The number of fused-ring (bicyclic) bond motifs is 1. The van der Waals surface area contributed by atoms with Crippen molar-refractivity contribution >= 4 is 11.4 Å². The molecule has 2 N–H and O–H groups in total. The number of hydrogen-bond donors (Lipinski definition) is 2. The second kappa shape index (κ2) is 4.57. The Kier molecular flexibility index (Phi) is 2.93. The van der Waals surface area contributed by atoms with Crippen molar-refractivity contribution in [3.05, 3.63) is 23.8 Å². The van der Waals surface area contributed by atoms with E-state index < -0.39 is 0 Å². The van der Waals surface area contributed by atoms with Gasteiger partial charge in [-0.3, -0.25) is 0 Å². The van der Waals surface area contributed by atoms with Crippen LogP contribution in [0.3, 0.4) is 0 Å². The minimum absolute atomic E-state index is 0.237. The van der Waals surface area contributed by atoms with Gasteiger partial charge in [-0.25, -0.2) is 0 Å². The monoisotopic (exact) mass is 232 g/mol. The van der Waals surface area contributed by atoms with E-state index in [9.17, 15) is 5.11 Å². The van der Waals surface area contributed by atoms with Crippen molar-refractivity contribution in [2.45, 2.75) is 31.8 Å². The van der Waals surface area contributed by atoms with Gasteiger partial charge in [-0.2, -0.15) is 0 Å². The van der Waals surface area contributed by atoms with E-state index in [1.807, 2.05) is 0 Å². The predicted molar refractivity (Wildman–Crippen MR) is 70.7 cm³/mol. The fourth-order valence-electron chi connectivity index (χ4n) is 2.91. The van der Waals surface area contributed by atoms with Gasteiger partial charge in [0.25, 0.3) is 0 Å². The molecule has 1 fully saturated rings. The number of β-amino-alcohol motifs (C(OH)–C–C–N with tert-alkyl or cyclic N) is 1. The molecule has 1 aromatic rings. The molecule has 1 aromatic carbocycles. The summed E-state index contributed by atoms with van der Waals surface area (Å²) in [6.07, 6.45) is 4.50. The SMILES string of the molecule is OC1CNc2c(cccc2N2CCCCC2)C1. The van der Waals surface area contributed by atoms with E-state index in [0.717, 1.165) is 6.42 Å². The summed E-state index contributed by atoms with van der Waals surface area (Å²) < 4.78 is 0. The second-order valence-corrected chi connectivity index (χ2v) is 5.10. The molecule has 1 atom stereocenters. The molecule has 1 unspecified atom stereocenters. The minimum Gasteiger partial charge on any atom is -0.391 e. The molecule has 0 saturated carbocycles. The van der Waals surface area contributed by atoms with Crippen molar-refractivity contribution in [3.8, 4) is 0 Å². The highest BCUT2D eigenvalue weighted by Crippen LogP contribution is 2.34. The van der Waals surface area contributed by atoms with Crippen LogP contribution >= 0.6 is 0 Å². The van der Waals surface area contributed by atoms with Crippen molar-refractivity contribution in [1.82, 2.24) is 0 Å². The van der Waals surface area contributed by atoms with Crippen LogP contribution in [0.4, 0.5) is 11.4 Å². The van der Waals surface area contributed by atoms with E-state index in [4.69, 9.17) is 0 Å². The fourth-order valence-corrected chi connectivity index (χ4v) is 2.91. The van der Waals surface area contributed by atoms with Crippen molar-refractivity contribution in [2.75, 3.05) is 29.9 Å². The average Bonchev–Trinajstić information content (AvgIpc) is 2.39. The third kappa shape index (κ3) is 2.12. The lowest BCUT2D eigenvalue weighted by molar-refractivity contribution is 0.184. The normalized spacial score (nSPS) is 24.1. The van der Waals surface area contributed by atoms with Gasteiger partial charge in [-0.1, -0.05) is 12.1 Å². The summed E-state index contributed by atoms with van der Waals surface area (Å²) in [5.74, 6) is 0. The summed E-state index contributed by atoms with van der Waals surface area (Å²) in [6.45, 7) is 3.01. The average molecular weight is 232 g/mol. The van der Waals surface area contributed by atoms with Gasteiger partial charge in [-0.05, 0) is 30.9 Å². The Hall–Kier alpha value is -1.22. The number of anilines is 2. The highest BCUT2D eigenvalue weighted by molar-refractivity contribution is 5.75. The summed E-state index contributed by atoms with van der Waals surface area (Å²) in [4.78, 5) is 2.48. The van der Waals surface area contributed by atoms with Gasteiger partial charge in [0, 0.05) is 26.1 Å². The standard InChI is InChI=1S/C14H20N2O/c17-12-9-11-5-4-6-13(14(11)15-10-12)16-7-2-1-3-8-16/h4-6,12,15,17H,1-3,7-10H2. The molecule has 0 amide bonds. The van der Waals surface area contributed by atoms with Crippen molar-refractivity contribution in [3.63, 3.8) is 0 Å². The third-order valence-electron chi connectivity index (χ3n) is 3.80. The molecule has 3 rings (SSSR count). The van der Waals surface area contributed by atoms with Crippen LogP contribution in [0.1, 0.15) is 24.8 Å². The molecular formula is C14H20N2O. The minimum atomic E-state index is -0.237. The second-order valence-electron chi connectivity index (χ2n) is 5.10. The van der Waals surface area contributed by atoms with Gasteiger partial charge < -0.3 is 15.3 Å². The highest BCUT2D eigenvalue weighted by Gasteiger charge is 2.21. The lowest BCUT2D eigenvalue weighted by atomic mass is 9.99. The van der Waals surface area contributed by atoms with Crippen LogP contribution in [0.25, 0.3) is 0 Å². The van der Waals surface area contributed by atoms with Gasteiger partial charge in [0.1, 0.15) is 0 Å². The Balaban J connectivity index is 1.91. The Morgan fingerprint density at radius 3 is 2.82 bits per heavy atom. The first-order valence-electron chi connectivity index (χ1n) is 6.63. The number of piperidine rings is 1. The van der Waals surface area contributed by atoms with Crippen molar-refractivity contribution in [2.24, 2.45) is 0 Å². The molecule has 0 aliphatic carbocycles. The molecule has 0 spiro atoms. The maximum absolute atomic E-state index is 9.68. The van der Waals surface area contributed by atoms with Crippen LogP contribution in [0, 0.1) is 0 Å². The molecule has 1 saturated heterocycles. The summed E-state index contributed by atoms with van der Waals surface area (Å²) in [5.41, 5.74) is 3.83. The van der Waals surface area contributed by atoms with Crippen LogP contribution in [-0.4, -0.2) is 30.8 Å². The van der Waals surface area contributed by atoms with Crippen molar-refractivity contribution in [1.29, 1.82) is 0 Å². The van der Waals surface area contributed by atoms with Gasteiger partial charge in [-0.15, -0.1) is 0 Å². The first-order valence-corrected chi connectivity index (χ1v) is 6.63. The topological polar surface area (TPSA) is 35.5 Å². The van der Waals surface area contributed by atoms with Crippen LogP contribution in [0.15, 0.2) is 18.2 Å². The molecule has 2 aliphatic heterocycles. The Labute approximate surface area is 102 Å². The van der Waals surface area contributed by atoms with Crippen LogP contribution in [-0.2, 0) is 6.42 Å². The maximum atomic E-state index is 9.68. The first kappa shape index (κ1) is 10.9. The number of rotatable bonds is 1. The zero-order valence-corrected chi connectivity index (χ0v) is 10.2. The van der Waals surface area contributed by atoms with Gasteiger partial charge in [0.15, 0.2) is 0 Å². The molecule has 2 heterocycles. The zero-order chi connectivity index (χ0) is 11.7. The molecule has 3 heteroatoms. The Morgan fingerprint density at radius 2 is 2.00 bits per heavy atom. The third-order valence-corrected chi connectivity index (χ3v) is 3.80. The highest BCUT2D eigenvalue weighted by atomic mass is 16.3. The van der Waals surface area contributed by atoms with E-state index >= 15 is 0 Å². The Morgan fingerprint density at radius 1 is 1.18 bits per heavy atom. The summed E-state index contributed by atoms with van der Waals surface area (Å²) in [7, 11) is 0. The van der Waals surface area contributed by atoms with E-state index in [-0.39, 0.29) is 6.10 Å². The lowest BCUT2D eigenvalue weighted by Gasteiger charge is -2.33. The largest absolute Gasteiger partial charge is 0.391 e. The summed E-state index contributed by atoms with van der Waals surface area (Å²) >= 11 is 0. The number of nitrogens with zero attached hydrogens (tertiary/aromatic N) is 1. The molecule has 92 valence electrons. The lowest BCUT2D eigenvalue weighted by Crippen LogP contribution is -2.33. The van der Waals surface area contributed by atoms with Gasteiger partial charge >= 0.3 is 0 Å². The number of benzene rings is 1. The number of aliphatic hydroxyl groups is 1. The maximum Gasteiger partial charge on any atom is 0.0753 e. The molecule has 2 aliphatic rings. The number of nitrogens with one attached hydrogen (secondary N) is 1. The number of para-hydroxylation sites is 1. The summed E-state index contributed by atoms with van der Waals surface area (Å²) in [5, 5.41) is 13.1. The van der Waals surface area contributed by atoms with Crippen LogP contribution in [0.5, 0.6) is 0 Å². The molecular weight excluding hydrogens is 212 g/mol. The fraction of sp³-hybridized carbons (Fsp3) is 0.571. The van der Waals surface area contributed by atoms with E-state index in [0.29, 0.717) is 6.54 Å². The van der Waals surface area contributed by atoms with Crippen LogP contribution in [0.2, 0.25) is 0 Å². The smallest absolute Gasteiger partial charge is 0.0753 e. The number of aliphatic hydroxyl groups excluding tert-OH is 1. The van der Waals surface area contributed by atoms with E-state index in [1.165, 1.54) is 49.3 Å². The molecule has 3 nitrogen and oxygen atoms in total. The Bertz CT molecular complexity index is 399. The molecule has 0 radical (unpaired) electrons.